The second kappa shape index (κ2) is 9.81. The van der Waals surface area contributed by atoms with Crippen LogP contribution in [0.4, 0.5) is 26.3 Å². The minimum atomic E-state index is -5.08. The summed E-state index contributed by atoms with van der Waals surface area (Å²) in [5, 5.41) is 11.2. The third-order valence-corrected chi connectivity index (χ3v) is 3.92. The summed E-state index contributed by atoms with van der Waals surface area (Å²) in [6.07, 6.45) is -11.5. The molecule has 0 radical (unpaired) electrons. The monoisotopic (exact) mass is 443 g/mol. The van der Waals surface area contributed by atoms with Gasteiger partial charge in [-0.2, -0.15) is 26.3 Å². The lowest BCUT2D eigenvalue weighted by Gasteiger charge is -2.18. The van der Waals surface area contributed by atoms with E-state index in [-0.39, 0.29) is 19.1 Å². The molecule has 0 unspecified atom stereocenters. The molecule has 0 saturated heterocycles. The molecule has 0 bridgehead atoms. The number of carboxylic acid groups (broad SMARTS) is 1. The van der Waals surface area contributed by atoms with Crippen molar-refractivity contribution in [3.05, 3.63) is 34.9 Å². The van der Waals surface area contributed by atoms with Gasteiger partial charge in [0, 0.05) is 0 Å². The van der Waals surface area contributed by atoms with Gasteiger partial charge < -0.3 is 15.2 Å². The van der Waals surface area contributed by atoms with Crippen LogP contribution in [0.1, 0.15) is 37.0 Å². The van der Waals surface area contributed by atoms with Crippen molar-refractivity contribution in [2.24, 2.45) is 5.92 Å². The molecular formula is C18H19F6NO5. The van der Waals surface area contributed by atoms with Crippen LogP contribution in [-0.4, -0.2) is 35.6 Å². The van der Waals surface area contributed by atoms with E-state index in [9.17, 15) is 45.8 Å². The fourth-order valence-electron chi connectivity index (χ4n) is 2.51. The van der Waals surface area contributed by atoms with Crippen LogP contribution in [0.3, 0.4) is 0 Å². The molecule has 0 aliphatic heterocycles. The van der Waals surface area contributed by atoms with Crippen molar-refractivity contribution in [1.82, 2.24) is 5.32 Å². The number of ether oxygens (including phenoxy) is 1. The maximum absolute atomic E-state index is 12.9. The predicted octanol–water partition coefficient (Wildman–Crippen LogP) is 3.43. The first kappa shape index (κ1) is 25.2. The lowest BCUT2D eigenvalue weighted by molar-refractivity contribution is -0.149. The number of rotatable bonds is 8. The number of carbonyl (C=O) groups is 3. The molecule has 12 heteroatoms. The minimum absolute atomic E-state index is 0.0460. The van der Waals surface area contributed by atoms with Crippen LogP contribution in [0, 0.1) is 5.92 Å². The first-order valence-electron chi connectivity index (χ1n) is 8.62. The molecule has 1 amide bonds. The molecule has 30 heavy (non-hydrogen) atoms. The quantitative estimate of drug-likeness (QED) is 0.475. The van der Waals surface area contributed by atoms with Gasteiger partial charge in [0.25, 0.3) is 0 Å². The van der Waals surface area contributed by atoms with E-state index in [1.807, 2.05) is 5.32 Å². The minimum Gasteiger partial charge on any atom is -0.480 e. The predicted molar refractivity (Wildman–Crippen MR) is 90.1 cm³/mol. The largest absolute Gasteiger partial charge is 0.480 e. The zero-order chi connectivity index (χ0) is 23.3. The van der Waals surface area contributed by atoms with Gasteiger partial charge in [0.1, 0.15) is 6.04 Å². The zero-order valence-corrected chi connectivity index (χ0v) is 15.9. The third-order valence-electron chi connectivity index (χ3n) is 3.92. The molecular weight excluding hydrogens is 424 g/mol. The van der Waals surface area contributed by atoms with E-state index in [2.05, 4.69) is 0 Å². The number of aliphatic carboxylic acids is 1. The second-order valence-corrected chi connectivity index (χ2v) is 6.44. The second-order valence-electron chi connectivity index (χ2n) is 6.44. The maximum Gasteiger partial charge on any atom is 0.416 e. The van der Waals surface area contributed by atoms with Crippen molar-refractivity contribution in [2.75, 3.05) is 6.61 Å². The van der Waals surface area contributed by atoms with Crippen LogP contribution < -0.4 is 5.32 Å². The topological polar surface area (TPSA) is 92.7 Å². The van der Waals surface area contributed by atoms with Gasteiger partial charge in [-0.1, -0.05) is 6.92 Å². The molecule has 168 valence electrons. The fourth-order valence-corrected chi connectivity index (χ4v) is 2.51. The highest BCUT2D eigenvalue weighted by Crippen LogP contribution is 2.36. The van der Waals surface area contributed by atoms with Crippen molar-refractivity contribution >= 4 is 17.8 Å². The molecule has 1 aromatic carbocycles. The maximum atomic E-state index is 12.9. The van der Waals surface area contributed by atoms with E-state index in [1.54, 1.807) is 0 Å². The number of carboxylic acids is 1. The normalized spacial score (nSPS) is 14.0. The van der Waals surface area contributed by atoms with Crippen LogP contribution in [0.15, 0.2) is 18.2 Å². The number of alkyl halides is 6. The third kappa shape index (κ3) is 7.56. The Morgan fingerprint density at radius 1 is 1.03 bits per heavy atom. The Balaban J connectivity index is 3.02. The molecule has 2 atom stereocenters. The number of halogens is 6. The molecule has 1 rings (SSSR count). The highest BCUT2D eigenvalue weighted by atomic mass is 19.4. The van der Waals surface area contributed by atoms with E-state index in [0.29, 0.717) is 12.1 Å². The van der Waals surface area contributed by atoms with Gasteiger partial charge in [0.05, 0.1) is 30.1 Å². The van der Waals surface area contributed by atoms with Gasteiger partial charge in [0.15, 0.2) is 0 Å². The van der Waals surface area contributed by atoms with E-state index < -0.39 is 65.3 Å². The molecule has 0 aliphatic rings. The van der Waals surface area contributed by atoms with E-state index >= 15 is 0 Å². The fraction of sp³-hybridized carbons (Fsp3) is 0.500. The standard InChI is InChI=1S/C18H19F6NO5/c1-3-30-16(29)9(2)4-13(15(27)28)25-14(26)7-10-5-11(17(19,20)21)8-12(6-10)18(22,23)24/h5-6,8-9,13H,3-4,7H2,1-2H3,(H,25,26)(H,27,28)/t9-,13-/m0/s1. The average molecular weight is 443 g/mol. The molecule has 0 saturated carbocycles. The van der Waals surface area contributed by atoms with Crippen LogP contribution >= 0.6 is 0 Å². The molecule has 2 N–H and O–H groups in total. The number of carbonyl (C=O) groups excluding carboxylic acids is 2. The summed E-state index contributed by atoms with van der Waals surface area (Å²) >= 11 is 0. The van der Waals surface area contributed by atoms with Gasteiger partial charge in [0.2, 0.25) is 5.91 Å². The van der Waals surface area contributed by atoms with Crippen LogP contribution in [0.5, 0.6) is 0 Å². The van der Waals surface area contributed by atoms with Gasteiger partial charge in [-0.15, -0.1) is 0 Å². The molecule has 0 spiro atoms. The smallest absolute Gasteiger partial charge is 0.416 e. The molecule has 0 heterocycles. The Hall–Kier alpha value is -2.79. The highest BCUT2D eigenvalue weighted by molar-refractivity contribution is 5.85. The first-order chi connectivity index (χ1) is 13.6. The summed E-state index contributed by atoms with van der Waals surface area (Å²) in [5.41, 5.74) is -3.78. The Kier molecular flexibility index (Phi) is 8.25. The lowest BCUT2D eigenvalue weighted by atomic mass is 10.0. The van der Waals surface area contributed by atoms with Crippen molar-refractivity contribution in [3.63, 3.8) is 0 Å². The van der Waals surface area contributed by atoms with Crippen molar-refractivity contribution < 1.29 is 50.6 Å². The summed E-state index contributed by atoms with van der Waals surface area (Å²) < 4.78 is 82.0. The number of nitrogens with one attached hydrogen (secondary N) is 1. The Bertz CT molecular complexity index is 758. The summed E-state index contributed by atoms with van der Waals surface area (Å²) in [5.74, 6) is -4.28. The van der Waals surface area contributed by atoms with Gasteiger partial charge >= 0.3 is 24.3 Å². The van der Waals surface area contributed by atoms with Gasteiger partial charge in [-0.05, 0) is 37.1 Å². The van der Waals surface area contributed by atoms with Crippen LogP contribution in [0.25, 0.3) is 0 Å². The number of esters is 1. The number of amides is 1. The molecule has 0 aliphatic carbocycles. The van der Waals surface area contributed by atoms with Crippen LogP contribution in [-0.2, 0) is 37.9 Å². The first-order valence-corrected chi connectivity index (χ1v) is 8.62. The van der Waals surface area contributed by atoms with E-state index in [0.717, 1.165) is 0 Å². The lowest BCUT2D eigenvalue weighted by Crippen LogP contribution is -2.43. The van der Waals surface area contributed by atoms with E-state index in [1.165, 1.54) is 13.8 Å². The SMILES string of the molecule is CCOC(=O)[C@@H](C)C[C@H](NC(=O)Cc1cc(C(F)(F)F)cc(C(F)(F)F)c1)C(=O)O. The average Bonchev–Trinajstić information content (AvgIpc) is 2.59. The Morgan fingerprint density at radius 2 is 1.53 bits per heavy atom. The summed E-state index contributed by atoms with van der Waals surface area (Å²) in [4.78, 5) is 35.0. The van der Waals surface area contributed by atoms with Crippen LogP contribution in [0.2, 0.25) is 0 Å². The van der Waals surface area contributed by atoms with Gasteiger partial charge in [-0.3, -0.25) is 9.59 Å². The molecule has 0 aromatic heterocycles. The zero-order valence-electron chi connectivity index (χ0n) is 15.9. The van der Waals surface area contributed by atoms with Gasteiger partial charge in [-0.25, -0.2) is 4.79 Å². The molecule has 1 aromatic rings. The van der Waals surface area contributed by atoms with Crippen molar-refractivity contribution in [1.29, 1.82) is 0 Å². The molecule has 6 nitrogen and oxygen atoms in total. The Labute approximate surface area is 167 Å². The van der Waals surface area contributed by atoms with Crippen molar-refractivity contribution in [2.45, 2.75) is 45.1 Å². The summed E-state index contributed by atoms with van der Waals surface area (Å²) in [7, 11) is 0. The molecule has 0 fully saturated rings. The van der Waals surface area contributed by atoms with Crippen molar-refractivity contribution in [3.8, 4) is 0 Å². The Morgan fingerprint density at radius 3 is 1.93 bits per heavy atom. The number of hydrogen-bond donors (Lipinski definition) is 2. The summed E-state index contributed by atoms with van der Waals surface area (Å²) in [6.45, 7) is 2.93. The van der Waals surface area contributed by atoms with E-state index in [4.69, 9.17) is 4.74 Å². The highest BCUT2D eigenvalue weighted by Gasteiger charge is 2.37. The number of hydrogen-bond acceptors (Lipinski definition) is 4. The number of benzene rings is 1. The summed E-state index contributed by atoms with van der Waals surface area (Å²) in [6, 6.07) is -0.912.